The minimum absolute atomic E-state index is 0.175. The van der Waals surface area contributed by atoms with E-state index in [9.17, 15) is 4.79 Å². The van der Waals surface area contributed by atoms with Crippen LogP contribution >= 0.6 is 0 Å². The minimum Gasteiger partial charge on any atom is -0.475 e. The monoisotopic (exact) mass is 259 g/mol. The largest absolute Gasteiger partial charge is 0.475 e. The number of aromatic carboxylic acids is 1. The number of aryl methyl sites for hydroxylation is 1. The first-order chi connectivity index (χ1) is 8.79. The predicted octanol–water partition coefficient (Wildman–Crippen LogP) is 2.57. The number of hydrogen-bond donors (Lipinski definition) is 1. The zero-order valence-electron chi connectivity index (χ0n) is 11.5. The molecule has 0 bridgehead atoms. The Kier molecular flexibility index (Phi) is 3.14. The number of hydrogen-bond acceptors (Lipinski definition) is 3. The fourth-order valence-corrected chi connectivity index (χ4v) is 1.75. The highest BCUT2D eigenvalue weighted by molar-refractivity contribution is 5.83. The maximum absolute atomic E-state index is 11.0. The zero-order chi connectivity index (χ0) is 14.2. The number of carboxylic acids is 1. The summed E-state index contributed by atoms with van der Waals surface area (Å²) >= 11 is 0. The molecule has 0 unspecified atom stereocenters. The van der Waals surface area contributed by atoms with Crippen molar-refractivity contribution in [2.75, 3.05) is 0 Å². The Morgan fingerprint density at radius 3 is 2.26 bits per heavy atom. The Morgan fingerprint density at radius 1 is 1.21 bits per heavy atom. The van der Waals surface area contributed by atoms with Crippen LogP contribution in [0.3, 0.4) is 0 Å². The molecule has 19 heavy (non-hydrogen) atoms. The maximum Gasteiger partial charge on any atom is 0.375 e. The zero-order valence-corrected chi connectivity index (χ0v) is 11.5. The molecule has 0 radical (unpaired) electrons. The molecule has 1 N–H and O–H groups in total. The first kappa shape index (κ1) is 13.3. The highest BCUT2D eigenvalue weighted by Gasteiger charge is 2.25. The van der Waals surface area contributed by atoms with E-state index in [1.165, 1.54) is 0 Å². The lowest BCUT2D eigenvalue weighted by atomic mass is 9.95. The highest BCUT2D eigenvalue weighted by Crippen LogP contribution is 2.23. The fraction of sp³-hybridized carbons (Fsp3) is 0.357. The van der Waals surface area contributed by atoms with Crippen molar-refractivity contribution in [2.24, 2.45) is 0 Å². The summed E-state index contributed by atoms with van der Waals surface area (Å²) in [4.78, 5) is 15.2. The van der Waals surface area contributed by atoms with Crippen LogP contribution in [-0.4, -0.2) is 25.8 Å². The van der Waals surface area contributed by atoms with Gasteiger partial charge >= 0.3 is 5.97 Å². The molecule has 1 aromatic heterocycles. The summed E-state index contributed by atoms with van der Waals surface area (Å²) in [6.07, 6.45) is 0. The third-order valence-electron chi connectivity index (χ3n) is 2.75. The molecule has 0 aliphatic rings. The summed E-state index contributed by atoms with van der Waals surface area (Å²) in [5.41, 5.74) is 1.67. The average Bonchev–Trinajstić information content (AvgIpc) is 2.74. The van der Waals surface area contributed by atoms with Crippen LogP contribution in [0.4, 0.5) is 0 Å². The van der Waals surface area contributed by atoms with Gasteiger partial charge in [0.25, 0.3) is 5.82 Å². The third kappa shape index (κ3) is 2.65. The predicted molar refractivity (Wildman–Crippen MR) is 71.8 cm³/mol. The van der Waals surface area contributed by atoms with E-state index in [0.717, 1.165) is 11.3 Å². The number of nitrogens with zero attached hydrogens (tertiary/aromatic N) is 3. The summed E-state index contributed by atoms with van der Waals surface area (Å²) in [7, 11) is 0. The molecular weight excluding hydrogens is 242 g/mol. The molecule has 5 heteroatoms. The van der Waals surface area contributed by atoms with Crippen LogP contribution in [0.25, 0.3) is 5.69 Å². The van der Waals surface area contributed by atoms with Crippen molar-refractivity contribution in [3.05, 3.63) is 41.5 Å². The molecule has 2 rings (SSSR count). The molecule has 0 saturated carbocycles. The first-order valence-corrected chi connectivity index (χ1v) is 6.07. The van der Waals surface area contributed by atoms with E-state index >= 15 is 0 Å². The van der Waals surface area contributed by atoms with Crippen LogP contribution in [0.1, 0.15) is 42.8 Å². The average molecular weight is 259 g/mol. The lowest BCUT2D eigenvalue weighted by Crippen LogP contribution is -2.18. The maximum atomic E-state index is 11.0. The summed E-state index contributed by atoms with van der Waals surface area (Å²) in [6, 6.07) is 7.74. The standard InChI is InChI=1S/C14H17N3O2/c1-9-5-7-10(8-6-9)17-13(14(2,3)4)15-11(16-17)12(18)19/h5-8H,1-4H3,(H,18,19). The Labute approximate surface area is 111 Å². The van der Waals surface area contributed by atoms with Gasteiger partial charge in [0.1, 0.15) is 5.82 Å². The molecule has 0 atom stereocenters. The van der Waals surface area contributed by atoms with Crippen LogP contribution in [0.5, 0.6) is 0 Å². The SMILES string of the molecule is Cc1ccc(-n2nc(C(=O)O)nc2C(C)(C)C)cc1. The van der Waals surface area contributed by atoms with E-state index < -0.39 is 5.97 Å². The van der Waals surface area contributed by atoms with Crippen molar-refractivity contribution >= 4 is 5.97 Å². The fourth-order valence-electron chi connectivity index (χ4n) is 1.75. The summed E-state index contributed by atoms with van der Waals surface area (Å²) in [5, 5.41) is 13.1. The van der Waals surface area contributed by atoms with Crippen LogP contribution < -0.4 is 0 Å². The van der Waals surface area contributed by atoms with Gasteiger partial charge in [-0.15, -0.1) is 5.10 Å². The molecule has 0 aliphatic heterocycles. The van der Waals surface area contributed by atoms with Gasteiger partial charge in [-0.25, -0.2) is 14.5 Å². The minimum atomic E-state index is -1.11. The van der Waals surface area contributed by atoms with Crippen molar-refractivity contribution in [3.63, 3.8) is 0 Å². The van der Waals surface area contributed by atoms with E-state index in [4.69, 9.17) is 5.11 Å². The second-order valence-corrected chi connectivity index (χ2v) is 5.56. The van der Waals surface area contributed by atoms with E-state index in [1.54, 1.807) is 4.68 Å². The molecule has 0 aliphatic carbocycles. The number of rotatable bonds is 2. The van der Waals surface area contributed by atoms with Gasteiger partial charge in [-0.05, 0) is 19.1 Å². The smallest absolute Gasteiger partial charge is 0.375 e. The molecule has 0 amide bonds. The normalized spacial score (nSPS) is 11.6. The third-order valence-corrected chi connectivity index (χ3v) is 2.75. The van der Waals surface area contributed by atoms with Crippen LogP contribution in [0.2, 0.25) is 0 Å². The van der Waals surface area contributed by atoms with Gasteiger partial charge in [0.2, 0.25) is 0 Å². The van der Waals surface area contributed by atoms with Gasteiger partial charge < -0.3 is 5.11 Å². The van der Waals surface area contributed by atoms with Crippen LogP contribution in [0, 0.1) is 6.92 Å². The number of carboxylic acid groups (broad SMARTS) is 1. The van der Waals surface area contributed by atoms with E-state index in [1.807, 2.05) is 52.0 Å². The van der Waals surface area contributed by atoms with Crippen LogP contribution in [-0.2, 0) is 5.41 Å². The quantitative estimate of drug-likeness (QED) is 0.900. The molecule has 0 spiro atoms. The van der Waals surface area contributed by atoms with Gasteiger partial charge in [0.15, 0.2) is 0 Å². The van der Waals surface area contributed by atoms with Crippen molar-refractivity contribution in [2.45, 2.75) is 33.1 Å². The van der Waals surface area contributed by atoms with E-state index in [-0.39, 0.29) is 11.2 Å². The number of aromatic nitrogens is 3. The molecule has 100 valence electrons. The molecule has 0 fully saturated rings. The van der Waals surface area contributed by atoms with E-state index in [0.29, 0.717) is 5.82 Å². The van der Waals surface area contributed by atoms with Crippen molar-refractivity contribution in [1.29, 1.82) is 0 Å². The molecule has 1 aromatic carbocycles. The number of carbonyl (C=O) groups is 1. The molecule has 5 nitrogen and oxygen atoms in total. The summed E-state index contributed by atoms with van der Waals surface area (Å²) in [5.74, 6) is -0.657. The topological polar surface area (TPSA) is 68.0 Å². The molecule has 0 saturated heterocycles. The lowest BCUT2D eigenvalue weighted by molar-refractivity contribution is 0.0683. The second kappa shape index (κ2) is 4.50. The Bertz CT molecular complexity index is 607. The van der Waals surface area contributed by atoms with E-state index in [2.05, 4.69) is 10.1 Å². The number of benzene rings is 1. The highest BCUT2D eigenvalue weighted by atomic mass is 16.4. The molecule has 1 heterocycles. The van der Waals surface area contributed by atoms with Crippen molar-refractivity contribution in [1.82, 2.24) is 14.8 Å². The van der Waals surface area contributed by atoms with Gasteiger partial charge in [0.05, 0.1) is 5.69 Å². The molecule has 2 aromatic rings. The summed E-state index contributed by atoms with van der Waals surface area (Å²) < 4.78 is 1.60. The van der Waals surface area contributed by atoms with Crippen LogP contribution in [0.15, 0.2) is 24.3 Å². The molecular formula is C14H17N3O2. The Morgan fingerprint density at radius 2 is 1.79 bits per heavy atom. The van der Waals surface area contributed by atoms with Gasteiger partial charge in [-0.2, -0.15) is 0 Å². The summed E-state index contributed by atoms with van der Waals surface area (Å²) in [6.45, 7) is 7.94. The first-order valence-electron chi connectivity index (χ1n) is 6.07. The Balaban J connectivity index is 2.61. The van der Waals surface area contributed by atoms with Gasteiger partial charge in [-0.1, -0.05) is 38.5 Å². The van der Waals surface area contributed by atoms with Crippen molar-refractivity contribution < 1.29 is 9.90 Å². The van der Waals surface area contributed by atoms with Crippen molar-refractivity contribution in [3.8, 4) is 5.69 Å². The second-order valence-electron chi connectivity index (χ2n) is 5.56. The lowest BCUT2D eigenvalue weighted by Gasteiger charge is -2.18. The Hall–Kier alpha value is -2.17. The van der Waals surface area contributed by atoms with Gasteiger partial charge in [0, 0.05) is 5.41 Å². The van der Waals surface area contributed by atoms with Gasteiger partial charge in [-0.3, -0.25) is 0 Å².